The molecule has 0 saturated heterocycles. The van der Waals surface area contributed by atoms with E-state index in [1.54, 1.807) is 18.7 Å². The molecular formula is C19H15N3O. The van der Waals surface area contributed by atoms with Gasteiger partial charge in [-0.1, -0.05) is 42.5 Å². The molecule has 112 valence electrons. The number of furan rings is 1. The minimum absolute atomic E-state index is 0.584. The molecule has 4 nitrogen and oxygen atoms in total. The zero-order chi connectivity index (χ0) is 15.5. The highest BCUT2D eigenvalue weighted by Crippen LogP contribution is 2.27. The van der Waals surface area contributed by atoms with E-state index >= 15 is 0 Å². The van der Waals surface area contributed by atoms with E-state index in [9.17, 15) is 0 Å². The van der Waals surface area contributed by atoms with Gasteiger partial charge in [-0.15, -0.1) is 0 Å². The average molecular weight is 301 g/mol. The van der Waals surface area contributed by atoms with E-state index in [0.29, 0.717) is 6.54 Å². The molecule has 0 bridgehead atoms. The molecular weight excluding hydrogens is 286 g/mol. The third-order valence-electron chi connectivity index (χ3n) is 3.72. The van der Waals surface area contributed by atoms with Crippen LogP contribution >= 0.6 is 0 Å². The monoisotopic (exact) mass is 301 g/mol. The molecule has 0 atom stereocenters. The molecule has 4 heteroatoms. The highest BCUT2D eigenvalue weighted by Gasteiger charge is 2.06. The molecule has 0 aliphatic heterocycles. The second-order valence-electron chi connectivity index (χ2n) is 5.25. The van der Waals surface area contributed by atoms with Crippen molar-refractivity contribution in [2.75, 3.05) is 5.32 Å². The Labute approximate surface area is 133 Å². The predicted molar refractivity (Wildman–Crippen MR) is 91.0 cm³/mol. The third kappa shape index (κ3) is 2.79. The summed E-state index contributed by atoms with van der Waals surface area (Å²) in [6, 6.07) is 18.3. The summed E-state index contributed by atoms with van der Waals surface area (Å²) in [6.45, 7) is 0.584. The Hall–Kier alpha value is -3.14. The number of hydrogen-bond acceptors (Lipinski definition) is 4. The SMILES string of the molecule is c1coc(CNc2cncc(-c3cccc4ccccc34)n2)c1. The van der Waals surface area contributed by atoms with Crippen LogP contribution in [0.5, 0.6) is 0 Å². The van der Waals surface area contributed by atoms with Crippen LogP contribution < -0.4 is 5.32 Å². The number of anilines is 1. The largest absolute Gasteiger partial charge is 0.467 e. The number of rotatable bonds is 4. The van der Waals surface area contributed by atoms with Gasteiger partial charge in [0.15, 0.2) is 0 Å². The first-order valence-corrected chi connectivity index (χ1v) is 7.46. The first kappa shape index (κ1) is 13.5. The number of fused-ring (bicyclic) bond motifs is 1. The van der Waals surface area contributed by atoms with Crippen LogP contribution in [0.25, 0.3) is 22.0 Å². The highest BCUT2D eigenvalue weighted by atomic mass is 16.3. The molecule has 2 heterocycles. The first-order valence-electron chi connectivity index (χ1n) is 7.46. The summed E-state index contributed by atoms with van der Waals surface area (Å²) in [5, 5.41) is 5.61. The molecule has 0 fully saturated rings. The molecule has 0 radical (unpaired) electrons. The van der Waals surface area contributed by atoms with E-state index in [1.165, 1.54) is 10.8 Å². The molecule has 23 heavy (non-hydrogen) atoms. The predicted octanol–water partition coefficient (Wildman–Crippen LogP) is 4.50. The number of benzene rings is 2. The van der Waals surface area contributed by atoms with Gasteiger partial charge in [-0.3, -0.25) is 4.98 Å². The molecule has 2 aromatic heterocycles. The second kappa shape index (κ2) is 5.93. The Morgan fingerprint density at radius 3 is 2.74 bits per heavy atom. The lowest BCUT2D eigenvalue weighted by Gasteiger charge is -2.08. The average Bonchev–Trinajstić information content (AvgIpc) is 3.13. The minimum Gasteiger partial charge on any atom is -0.467 e. The summed E-state index contributed by atoms with van der Waals surface area (Å²) in [4.78, 5) is 8.99. The number of aromatic nitrogens is 2. The Morgan fingerprint density at radius 1 is 0.913 bits per heavy atom. The fraction of sp³-hybridized carbons (Fsp3) is 0.0526. The Kier molecular flexibility index (Phi) is 3.48. The van der Waals surface area contributed by atoms with Gasteiger partial charge in [-0.05, 0) is 22.9 Å². The van der Waals surface area contributed by atoms with Crippen molar-refractivity contribution in [2.45, 2.75) is 6.54 Å². The molecule has 0 amide bonds. The summed E-state index contributed by atoms with van der Waals surface area (Å²) in [5.74, 6) is 1.59. The van der Waals surface area contributed by atoms with Crippen molar-refractivity contribution in [3.63, 3.8) is 0 Å². The van der Waals surface area contributed by atoms with Crippen molar-refractivity contribution in [1.82, 2.24) is 9.97 Å². The second-order valence-corrected chi connectivity index (χ2v) is 5.25. The zero-order valence-corrected chi connectivity index (χ0v) is 12.4. The lowest BCUT2D eigenvalue weighted by molar-refractivity contribution is 0.518. The molecule has 0 aliphatic carbocycles. The van der Waals surface area contributed by atoms with Crippen molar-refractivity contribution >= 4 is 16.6 Å². The molecule has 2 aromatic carbocycles. The standard InChI is InChI=1S/C19H15N3O/c1-2-8-16-14(5-1)6-3-9-17(16)18-12-20-13-19(22-18)21-11-15-7-4-10-23-15/h1-10,12-13H,11H2,(H,21,22). The molecule has 0 aliphatic rings. The molecule has 0 spiro atoms. The molecule has 0 unspecified atom stereocenters. The van der Waals surface area contributed by atoms with Gasteiger partial charge in [0, 0.05) is 5.56 Å². The summed E-state index contributed by atoms with van der Waals surface area (Å²) >= 11 is 0. The summed E-state index contributed by atoms with van der Waals surface area (Å²) < 4.78 is 5.32. The van der Waals surface area contributed by atoms with Gasteiger partial charge in [0.1, 0.15) is 11.6 Å². The van der Waals surface area contributed by atoms with Gasteiger partial charge in [0.05, 0.1) is 30.9 Å². The van der Waals surface area contributed by atoms with Crippen molar-refractivity contribution in [2.24, 2.45) is 0 Å². The molecule has 1 N–H and O–H groups in total. The summed E-state index contributed by atoms with van der Waals surface area (Å²) in [5.41, 5.74) is 1.93. The summed E-state index contributed by atoms with van der Waals surface area (Å²) in [6.07, 6.45) is 5.17. The van der Waals surface area contributed by atoms with Crippen LogP contribution in [0.15, 0.2) is 77.7 Å². The van der Waals surface area contributed by atoms with Crippen LogP contribution in [0.4, 0.5) is 5.82 Å². The van der Waals surface area contributed by atoms with Gasteiger partial charge in [0.2, 0.25) is 0 Å². The quantitative estimate of drug-likeness (QED) is 0.603. The van der Waals surface area contributed by atoms with E-state index in [1.807, 2.05) is 30.3 Å². The maximum absolute atomic E-state index is 5.32. The zero-order valence-electron chi connectivity index (χ0n) is 12.4. The van der Waals surface area contributed by atoms with Gasteiger partial charge < -0.3 is 9.73 Å². The van der Waals surface area contributed by atoms with Crippen molar-refractivity contribution in [1.29, 1.82) is 0 Å². The number of nitrogens with zero attached hydrogens (tertiary/aromatic N) is 2. The third-order valence-corrected chi connectivity index (χ3v) is 3.72. The van der Waals surface area contributed by atoms with E-state index < -0.39 is 0 Å². The Balaban J connectivity index is 1.67. The summed E-state index contributed by atoms with van der Waals surface area (Å²) in [7, 11) is 0. The van der Waals surface area contributed by atoms with Crippen molar-refractivity contribution in [3.05, 3.63) is 79.0 Å². The minimum atomic E-state index is 0.584. The topological polar surface area (TPSA) is 51.0 Å². The highest BCUT2D eigenvalue weighted by molar-refractivity contribution is 5.95. The van der Waals surface area contributed by atoms with E-state index in [0.717, 1.165) is 22.8 Å². The van der Waals surface area contributed by atoms with Gasteiger partial charge >= 0.3 is 0 Å². The lowest BCUT2D eigenvalue weighted by Crippen LogP contribution is -2.01. The van der Waals surface area contributed by atoms with E-state index in [2.05, 4.69) is 39.6 Å². The molecule has 0 saturated carbocycles. The molecule has 4 rings (SSSR count). The van der Waals surface area contributed by atoms with Gasteiger partial charge in [-0.25, -0.2) is 4.98 Å². The van der Waals surface area contributed by atoms with Crippen molar-refractivity contribution < 1.29 is 4.42 Å². The fourth-order valence-electron chi connectivity index (χ4n) is 2.62. The number of hydrogen-bond donors (Lipinski definition) is 1. The van der Waals surface area contributed by atoms with Crippen LogP contribution in [0.3, 0.4) is 0 Å². The fourth-order valence-corrected chi connectivity index (χ4v) is 2.62. The van der Waals surface area contributed by atoms with Crippen LogP contribution in [-0.4, -0.2) is 9.97 Å². The van der Waals surface area contributed by atoms with Crippen molar-refractivity contribution in [3.8, 4) is 11.3 Å². The van der Waals surface area contributed by atoms with E-state index in [4.69, 9.17) is 4.42 Å². The smallest absolute Gasteiger partial charge is 0.145 e. The molecule has 4 aromatic rings. The van der Waals surface area contributed by atoms with Crippen LogP contribution in [0.1, 0.15) is 5.76 Å². The van der Waals surface area contributed by atoms with Crippen LogP contribution in [0.2, 0.25) is 0 Å². The first-order chi connectivity index (χ1) is 11.4. The maximum atomic E-state index is 5.32. The van der Waals surface area contributed by atoms with Gasteiger partial charge in [-0.2, -0.15) is 0 Å². The Morgan fingerprint density at radius 2 is 1.83 bits per heavy atom. The van der Waals surface area contributed by atoms with Crippen LogP contribution in [0, 0.1) is 0 Å². The van der Waals surface area contributed by atoms with E-state index in [-0.39, 0.29) is 0 Å². The lowest BCUT2D eigenvalue weighted by atomic mass is 10.0. The maximum Gasteiger partial charge on any atom is 0.145 e. The van der Waals surface area contributed by atoms with Gasteiger partial charge in [0.25, 0.3) is 0 Å². The normalized spacial score (nSPS) is 10.8. The van der Waals surface area contributed by atoms with Crippen LogP contribution in [-0.2, 0) is 6.54 Å². The number of nitrogens with one attached hydrogen (secondary N) is 1. The Bertz CT molecular complexity index is 927.